The summed E-state index contributed by atoms with van der Waals surface area (Å²) in [5.74, 6) is 19.1. The molecule has 23 heteroatoms. The average Bonchev–Trinajstić information content (AvgIpc) is 3.62. The molecule has 4 aliphatic heterocycles. The fraction of sp³-hybridized carbons (Fsp3) is 0.556. The summed E-state index contributed by atoms with van der Waals surface area (Å²) in [4.78, 5) is 56.1. The zero-order valence-corrected chi connectivity index (χ0v) is 39.7. The van der Waals surface area contributed by atoms with Gasteiger partial charge in [0.2, 0.25) is 0 Å². The van der Waals surface area contributed by atoms with Crippen molar-refractivity contribution >= 4 is 43.6 Å². The van der Waals surface area contributed by atoms with Crippen LogP contribution in [0.1, 0.15) is 74.9 Å². The zero-order valence-electron chi connectivity index (χ0n) is 38.1. The van der Waals surface area contributed by atoms with E-state index in [2.05, 4.69) is 52.3 Å². The molecule has 2 aromatic rings. The number of nitrogens with one attached hydrogen (secondary N) is 2. The van der Waals surface area contributed by atoms with Crippen LogP contribution in [-0.4, -0.2) is 177 Å². The third kappa shape index (κ3) is 11.4. The highest BCUT2D eigenvalue weighted by Crippen LogP contribution is 2.35. The molecule has 2 saturated heterocycles. The number of aliphatic hydroxyl groups excluding tert-OH is 1. The zero-order chi connectivity index (χ0) is 49.9. The van der Waals surface area contributed by atoms with Crippen LogP contribution in [0.5, 0.6) is 0 Å². The number of likely N-dealkylation sites (tertiary alicyclic amines) is 2. The van der Waals surface area contributed by atoms with E-state index in [1.165, 1.54) is 49.9 Å². The van der Waals surface area contributed by atoms with Crippen molar-refractivity contribution in [2.45, 2.75) is 92.3 Å². The van der Waals surface area contributed by atoms with Crippen LogP contribution in [-0.2, 0) is 42.4 Å². The lowest BCUT2D eigenvalue weighted by molar-refractivity contribution is -0.132. The highest BCUT2D eigenvalue weighted by Gasteiger charge is 2.46. The van der Waals surface area contributed by atoms with E-state index in [1.807, 2.05) is 0 Å². The van der Waals surface area contributed by atoms with Gasteiger partial charge in [0.15, 0.2) is 40.5 Å². The molecule has 0 radical (unpaired) electrons. The smallest absolute Gasteiger partial charge is 0.328 e. The number of hydrogen-bond donors (Lipinski definition) is 5. The minimum atomic E-state index is -3.86. The Hall–Kier alpha value is -5.76. The Morgan fingerprint density at radius 2 is 1.18 bits per heavy atom. The summed E-state index contributed by atoms with van der Waals surface area (Å²) < 4.78 is 76.8. The highest BCUT2D eigenvalue weighted by molar-refractivity contribution is 7.93. The SMILES string of the molecule is CC(CCN1Cc2cc(C#CC#CC3(F)CCN(CCO)C3)cn2C1=O)(C(=O)NO)S(C)(=O)=O.C[C@@](CCN1Cc2cc(C#CC#CC3(F)CCN(C4CC4)C3)cn2C1=O)(C(=O)NO)S(C)(=O)=O. The first kappa shape index (κ1) is 51.6. The predicted molar refractivity (Wildman–Crippen MR) is 241 cm³/mol. The number of carbonyl (C=O) groups is 4. The molecule has 3 fully saturated rings. The Morgan fingerprint density at radius 1 is 0.735 bits per heavy atom. The molecule has 0 aromatic carbocycles. The normalized spacial score (nSPS) is 22.9. The molecule has 0 bridgehead atoms. The van der Waals surface area contributed by atoms with Crippen LogP contribution < -0.4 is 11.0 Å². The number of hydrogen-bond acceptors (Lipinski definition) is 13. The molecule has 19 nitrogen and oxygen atoms in total. The molecule has 4 atom stereocenters. The number of aliphatic hydroxyl groups is 1. The first-order valence-corrected chi connectivity index (χ1v) is 25.5. The molecule has 1 aliphatic carbocycles. The van der Waals surface area contributed by atoms with Crippen molar-refractivity contribution in [1.82, 2.24) is 39.7 Å². The maximum Gasteiger partial charge on any atom is 0.328 e. The van der Waals surface area contributed by atoms with Gasteiger partial charge in [-0.15, -0.1) is 0 Å². The number of hydroxylamine groups is 2. The van der Waals surface area contributed by atoms with E-state index in [9.17, 15) is 44.8 Å². The Kier molecular flexibility index (Phi) is 15.2. The second-order valence-electron chi connectivity index (χ2n) is 18.1. The lowest BCUT2D eigenvalue weighted by Gasteiger charge is -2.27. The second kappa shape index (κ2) is 20.1. The molecule has 366 valence electrons. The summed E-state index contributed by atoms with van der Waals surface area (Å²) in [7, 11) is -7.71. The van der Waals surface area contributed by atoms with Crippen molar-refractivity contribution in [3.63, 3.8) is 0 Å². The van der Waals surface area contributed by atoms with Gasteiger partial charge in [0, 0.05) is 112 Å². The molecule has 0 spiro atoms. The van der Waals surface area contributed by atoms with E-state index in [1.54, 1.807) is 23.2 Å². The first-order chi connectivity index (χ1) is 31.9. The quantitative estimate of drug-likeness (QED) is 0.105. The number of fused-ring (bicyclic) bond motifs is 2. The van der Waals surface area contributed by atoms with Crippen molar-refractivity contribution < 1.29 is 60.3 Å². The molecular weight excluding hydrogens is 931 g/mol. The number of carbonyl (C=O) groups excluding carboxylic acids is 4. The van der Waals surface area contributed by atoms with Crippen LogP contribution >= 0.6 is 0 Å². The fourth-order valence-corrected chi connectivity index (χ4v) is 9.92. The first-order valence-electron chi connectivity index (χ1n) is 21.7. The summed E-state index contributed by atoms with van der Waals surface area (Å²) in [6.45, 7) is 4.88. The van der Waals surface area contributed by atoms with E-state index in [-0.39, 0.29) is 64.6 Å². The fourth-order valence-electron chi connectivity index (χ4n) is 8.23. The molecule has 1 saturated carbocycles. The molecule has 2 aromatic heterocycles. The topological polar surface area (TPSA) is 244 Å². The number of alkyl halides is 2. The van der Waals surface area contributed by atoms with Gasteiger partial charge in [-0.3, -0.25) is 38.9 Å². The summed E-state index contributed by atoms with van der Waals surface area (Å²) in [5, 5.41) is 26.8. The summed E-state index contributed by atoms with van der Waals surface area (Å²) >= 11 is 0. The number of rotatable bonds is 13. The Balaban J connectivity index is 0.000000224. The van der Waals surface area contributed by atoms with Crippen LogP contribution in [0.3, 0.4) is 0 Å². The minimum Gasteiger partial charge on any atom is -0.395 e. The van der Waals surface area contributed by atoms with Crippen LogP contribution in [0, 0.1) is 47.4 Å². The third-order valence-corrected chi connectivity index (χ3v) is 17.2. The molecular formula is C45H54F2N8O11S2. The van der Waals surface area contributed by atoms with Crippen LogP contribution in [0.15, 0.2) is 24.5 Å². The number of sulfone groups is 2. The van der Waals surface area contributed by atoms with Gasteiger partial charge in [0.25, 0.3) is 11.8 Å². The van der Waals surface area contributed by atoms with Crippen molar-refractivity contribution in [1.29, 1.82) is 0 Å². The van der Waals surface area contributed by atoms with Crippen molar-refractivity contribution in [2.75, 3.05) is 64.9 Å². The highest BCUT2D eigenvalue weighted by atomic mass is 32.2. The van der Waals surface area contributed by atoms with Gasteiger partial charge in [0.05, 0.1) is 19.7 Å². The number of aromatic nitrogens is 2. The molecule has 6 heterocycles. The van der Waals surface area contributed by atoms with Crippen LogP contribution in [0.25, 0.3) is 0 Å². The van der Waals surface area contributed by atoms with Gasteiger partial charge in [-0.1, -0.05) is 11.8 Å². The Labute approximate surface area is 393 Å². The van der Waals surface area contributed by atoms with Gasteiger partial charge >= 0.3 is 12.1 Å². The number of amides is 4. The van der Waals surface area contributed by atoms with E-state index < -0.39 is 58.4 Å². The maximum atomic E-state index is 14.8. The van der Waals surface area contributed by atoms with E-state index >= 15 is 0 Å². The van der Waals surface area contributed by atoms with Gasteiger partial charge in [-0.25, -0.2) is 46.2 Å². The van der Waals surface area contributed by atoms with Gasteiger partial charge in [-0.05, 0) is 87.2 Å². The van der Waals surface area contributed by atoms with Gasteiger partial charge in [-0.2, -0.15) is 0 Å². The molecule has 5 N–H and O–H groups in total. The van der Waals surface area contributed by atoms with Crippen molar-refractivity contribution in [3.8, 4) is 47.4 Å². The Bertz CT molecular complexity index is 2840. The summed E-state index contributed by atoms with van der Waals surface area (Å²) in [6, 6.07) is 3.15. The molecule has 7 rings (SSSR count). The molecule has 68 heavy (non-hydrogen) atoms. The largest absolute Gasteiger partial charge is 0.395 e. The lowest BCUT2D eigenvalue weighted by Crippen LogP contribution is -2.50. The lowest BCUT2D eigenvalue weighted by atomic mass is 10.1. The molecule has 4 amide bonds. The molecule has 3 unspecified atom stereocenters. The van der Waals surface area contributed by atoms with Crippen molar-refractivity contribution in [2.24, 2.45) is 0 Å². The molecule has 5 aliphatic rings. The Morgan fingerprint density at radius 3 is 1.57 bits per heavy atom. The predicted octanol–water partition coefficient (Wildman–Crippen LogP) is 0.634. The average molecular weight is 985 g/mol. The monoisotopic (exact) mass is 984 g/mol. The van der Waals surface area contributed by atoms with E-state index in [0.717, 1.165) is 31.9 Å². The standard InChI is InChI=1S/C23H27FN4O5S.C22H27FN4O6S/c1-22(20(29)25-31,34(2,32)33)9-11-26-15-19-13-17(14-28(19)21(26)30)5-3-4-8-23(24)10-12-27(16-23)18-6-7-18;1-21(19(29)24-31,34(2,32)33)7-10-26-15-18-13-17(14-27(18)20(26)30)5-3-4-6-22(23)8-9-25(16-22)11-12-28/h13-14,18,31H,6-7,9-12,15-16H2,1-2H3,(H,25,29);13-14,28,31H,7-12,15-16H2,1-2H3,(H,24,29)/t22-,23?;/m1./s1. The maximum absolute atomic E-state index is 14.8. The second-order valence-corrected chi connectivity index (χ2v) is 23.0. The minimum absolute atomic E-state index is 0.000445. The van der Waals surface area contributed by atoms with E-state index in [0.29, 0.717) is 54.6 Å². The number of β-amino-alcohol motifs (C(OH)–C–C–N with tert-alkyl or cyclic N) is 1. The summed E-state index contributed by atoms with van der Waals surface area (Å²) in [6.07, 6.45) is 7.41. The number of nitrogens with zero attached hydrogens (tertiary/aromatic N) is 6. The van der Waals surface area contributed by atoms with Crippen molar-refractivity contribution in [3.05, 3.63) is 47.0 Å². The van der Waals surface area contributed by atoms with Crippen LogP contribution in [0.4, 0.5) is 18.4 Å². The summed E-state index contributed by atoms with van der Waals surface area (Å²) in [5.41, 5.74) is 1.98. The number of halogens is 2. The van der Waals surface area contributed by atoms with Gasteiger partial charge in [0.1, 0.15) is 0 Å². The van der Waals surface area contributed by atoms with Gasteiger partial charge < -0.3 is 14.9 Å². The van der Waals surface area contributed by atoms with Crippen LogP contribution in [0.2, 0.25) is 0 Å². The third-order valence-electron chi connectivity index (χ3n) is 13.1. The van der Waals surface area contributed by atoms with E-state index in [4.69, 9.17) is 15.5 Å².